The number of hydrogen-bond donors (Lipinski definition) is 1. The van der Waals surface area contributed by atoms with Gasteiger partial charge in [0.1, 0.15) is 5.75 Å². The van der Waals surface area contributed by atoms with Crippen LogP contribution < -0.4 is 18.7 Å². The highest BCUT2D eigenvalue weighted by molar-refractivity contribution is 7.94. The number of carbonyl (C=O) groups is 1. The second kappa shape index (κ2) is 7.23. The van der Waals surface area contributed by atoms with Crippen molar-refractivity contribution in [1.82, 2.24) is 5.32 Å². The fraction of sp³-hybridized carbons (Fsp3) is 0.235. The maximum atomic E-state index is 12.5. The maximum Gasteiger partial charge on any atom is 0.573 e. The fourth-order valence-electron chi connectivity index (χ4n) is 2.81. The van der Waals surface area contributed by atoms with Crippen molar-refractivity contribution in [3.05, 3.63) is 54.1 Å². The lowest BCUT2D eigenvalue weighted by atomic mass is 10.2. The van der Waals surface area contributed by atoms with E-state index in [0.29, 0.717) is 11.4 Å². The van der Waals surface area contributed by atoms with Crippen molar-refractivity contribution in [2.45, 2.75) is 6.36 Å². The normalized spacial score (nSPS) is 15.3. The second-order valence-electron chi connectivity index (χ2n) is 5.84. The molecule has 1 heterocycles. The molecule has 0 aliphatic carbocycles. The predicted molar refractivity (Wildman–Crippen MR) is 96.6 cm³/mol. The van der Waals surface area contributed by atoms with Gasteiger partial charge in [0.15, 0.2) is 0 Å². The topological polar surface area (TPSA) is 79.0 Å². The first-order chi connectivity index (χ1) is 13.1. The molecule has 0 aromatic heterocycles. The van der Waals surface area contributed by atoms with E-state index in [9.17, 15) is 26.4 Å². The average molecular weight is 415 g/mol. The molecule has 0 bridgehead atoms. The summed E-state index contributed by atoms with van der Waals surface area (Å²) < 4.78 is 68.5. The number of amides is 1. The van der Waals surface area contributed by atoms with Crippen LogP contribution in [0.5, 0.6) is 5.75 Å². The number of benzene rings is 2. The van der Waals surface area contributed by atoms with Crippen molar-refractivity contribution in [1.29, 1.82) is 0 Å². The van der Waals surface area contributed by atoms with Gasteiger partial charge in [0.05, 0.1) is 23.5 Å². The maximum absolute atomic E-state index is 12.5. The number of para-hydroxylation sites is 3. The van der Waals surface area contributed by atoms with Crippen LogP contribution in [0.25, 0.3) is 0 Å². The Labute approximate surface area is 159 Å². The van der Waals surface area contributed by atoms with E-state index in [1.54, 1.807) is 24.3 Å². The number of rotatable bonds is 5. The molecule has 0 unspecified atom stereocenters. The number of ether oxygens (including phenoxy) is 1. The lowest BCUT2D eigenvalue weighted by Gasteiger charge is -2.19. The van der Waals surface area contributed by atoms with Crippen LogP contribution in [0, 0.1) is 0 Å². The highest BCUT2D eigenvalue weighted by Crippen LogP contribution is 2.39. The Morgan fingerprint density at radius 3 is 2.36 bits per heavy atom. The first-order valence-electron chi connectivity index (χ1n) is 8.10. The summed E-state index contributed by atoms with van der Waals surface area (Å²) >= 11 is 0. The molecule has 0 radical (unpaired) electrons. The van der Waals surface area contributed by atoms with Crippen molar-refractivity contribution in [2.24, 2.45) is 0 Å². The molecule has 7 nitrogen and oxygen atoms in total. The van der Waals surface area contributed by atoms with Crippen molar-refractivity contribution >= 4 is 27.5 Å². The van der Waals surface area contributed by atoms with Crippen molar-refractivity contribution < 1.29 is 31.1 Å². The average Bonchev–Trinajstić information content (AvgIpc) is 2.81. The quantitative estimate of drug-likeness (QED) is 0.814. The van der Waals surface area contributed by atoms with Gasteiger partial charge in [0.25, 0.3) is 5.91 Å². The Kier molecular flexibility index (Phi) is 5.11. The first-order valence-corrected chi connectivity index (χ1v) is 9.49. The Balaban J connectivity index is 1.70. The number of hydrogen-bond acceptors (Lipinski definition) is 4. The molecule has 11 heteroatoms. The monoisotopic (exact) mass is 415 g/mol. The zero-order valence-electron chi connectivity index (χ0n) is 14.6. The molecule has 0 spiro atoms. The number of anilines is 2. The summed E-state index contributed by atoms with van der Waals surface area (Å²) in [4.78, 5) is 12.3. The van der Waals surface area contributed by atoms with Crippen LogP contribution in [0.4, 0.5) is 24.5 Å². The van der Waals surface area contributed by atoms with Crippen molar-refractivity contribution in [2.75, 3.05) is 28.7 Å². The summed E-state index contributed by atoms with van der Waals surface area (Å²) in [6.07, 6.45) is -4.94. The van der Waals surface area contributed by atoms with Gasteiger partial charge in [-0.15, -0.1) is 13.2 Å². The van der Waals surface area contributed by atoms with E-state index >= 15 is 0 Å². The Bertz CT molecular complexity index is 995. The van der Waals surface area contributed by atoms with Gasteiger partial charge in [-0.3, -0.25) is 9.10 Å². The number of halogens is 3. The number of carbonyl (C=O) groups excluding carboxylic acids is 1. The van der Waals surface area contributed by atoms with Gasteiger partial charge in [-0.25, -0.2) is 4.31 Å². The molecule has 2 aromatic rings. The second-order valence-corrected chi connectivity index (χ2v) is 7.72. The third-order valence-electron chi connectivity index (χ3n) is 4.07. The highest BCUT2D eigenvalue weighted by Gasteiger charge is 2.37. The van der Waals surface area contributed by atoms with E-state index in [0.717, 1.165) is 14.7 Å². The van der Waals surface area contributed by atoms with E-state index in [1.165, 1.54) is 25.2 Å². The van der Waals surface area contributed by atoms with Gasteiger partial charge in [-0.05, 0) is 24.3 Å². The molecule has 150 valence electrons. The van der Waals surface area contributed by atoms with Crippen LogP contribution in [-0.4, -0.2) is 40.8 Å². The zero-order chi connectivity index (χ0) is 20.5. The van der Waals surface area contributed by atoms with Crippen LogP contribution in [0.3, 0.4) is 0 Å². The fourth-order valence-corrected chi connectivity index (χ4v) is 4.23. The van der Waals surface area contributed by atoms with Crippen molar-refractivity contribution in [3.63, 3.8) is 0 Å². The highest BCUT2D eigenvalue weighted by atomic mass is 32.2. The number of alkyl halides is 3. The third-order valence-corrected chi connectivity index (χ3v) is 5.90. The zero-order valence-corrected chi connectivity index (χ0v) is 15.4. The SMILES string of the molecule is CN1c2ccccc2N(CCNC(=O)c2ccccc2OC(F)(F)F)S1(=O)=O. The summed E-state index contributed by atoms with van der Waals surface area (Å²) in [5, 5.41) is 2.42. The molecule has 1 aliphatic heterocycles. The molecule has 1 aliphatic rings. The standard InChI is InChI=1S/C17H16F3N3O4S/c1-22-13-7-3-4-8-14(13)23(28(22,25)26)11-10-21-16(24)12-6-2-5-9-15(12)27-17(18,19)20/h2-9H,10-11H2,1H3,(H,21,24). The largest absolute Gasteiger partial charge is 0.573 e. The van der Waals surface area contributed by atoms with E-state index in [4.69, 9.17) is 0 Å². The molecule has 3 rings (SSSR count). The lowest BCUT2D eigenvalue weighted by Crippen LogP contribution is -2.40. The third kappa shape index (κ3) is 3.84. The Morgan fingerprint density at radius 1 is 1.07 bits per heavy atom. The molecular weight excluding hydrogens is 399 g/mol. The molecule has 0 fully saturated rings. The molecular formula is C17H16F3N3O4S. The Morgan fingerprint density at radius 2 is 1.68 bits per heavy atom. The van der Waals surface area contributed by atoms with Gasteiger partial charge in [0, 0.05) is 13.6 Å². The summed E-state index contributed by atoms with van der Waals surface area (Å²) in [6, 6.07) is 11.6. The van der Waals surface area contributed by atoms with E-state index < -0.39 is 28.2 Å². The molecule has 0 saturated carbocycles. The Hall–Kier alpha value is -2.95. The molecule has 28 heavy (non-hydrogen) atoms. The first kappa shape index (κ1) is 19.8. The lowest BCUT2D eigenvalue weighted by molar-refractivity contribution is -0.274. The van der Waals surface area contributed by atoms with Crippen LogP contribution >= 0.6 is 0 Å². The van der Waals surface area contributed by atoms with Gasteiger partial charge in [-0.1, -0.05) is 24.3 Å². The molecule has 0 atom stereocenters. The summed E-state index contributed by atoms with van der Waals surface area (Å²) in [5.41, 5.74) is 0.652. The molecule has 2 aromatic carbocycles. The van der Waals surface area contributed by atoms with Crippen LogP contribution in [0.2, 0.25) is 0 Å². The molecule has 1 N–H and O–H groups in total. The van der Waals surface area contributed by atoms with Crippen molar-refractivity contribution in [3.8, 4) is 5.75 Å². The minimum atomic E-state index is -4.94. The van der Waals surface area contributed by atoms with E-state index in [1.807, 2.05) is 0 Å². The van der Waals surface area contributed by atoms with E-state index in [-0.39, 0.29) is 18.7 Å². The summed E-state index contributed by atoms with van der Waals surface area (Å²) in [6.45, 7) is -0.196. The predicted octanol–water partition coefficient (Wildman–Crippen LogP) is 2.52. The van der Waals surface area contributed by atoms with Gasteiger partial charge >= 0.3 is 16.6 Å². The number of fused-ring (bicyclic) bond motifs is 1. The van der Waals surface area contributed by atoms with Crippen LogP contribution in [0.1, 0.15) is 10.4 Å². The molecule has 1 amide bonds. The van der Waals surface area contributed by atoms with Crippen LogP contribution in [0.15, 0.2) is 48.5 Å². The van der Waals surface area contributed by atoms with Gasteiger partial charge < -0.3 is 10.1 Å². The number of nitrogens with one attached hydrogen (secondary N) is 1. The van der Waals surface area contributed by atoms with Gasteiger partial charge in [0.2, 0.25) is 0 Å². The smallest absolute Gasteiger partial charge is 0.405 e. The summed E-state index contributed by atoms with van der Waals surface area (Å²) in [7, 11) is -2.36. The minimum Gasteiger partial charge on any atom is -0.405 e. The van der Waals surface area contributed by atoms with Crippen LogP contribution in [-0.2, 0) is 10.2 Å². The minimum absolute atomic E-state index is 0.0856. The van der Waals surface area contributed by atoms with E-state index in [2.05, 4.69) is 10.1 Å². The summed E-state index contributed by atoms with van der Waals surface area (Å²) in [5.74, 6) is -1.44. The van der Waals surface area contributed by atoms with Gasteiger partial charge in [-0.2, -0.15) is 8.42 Å². The molecule has 0 saturated heterocycles. The number of nitrogens with zero attached hydrogens (tertiary/aromatic N) is 2.